The first-order chi connectivity index (χ1) is 12.2. The van der Waals surface area contributed by atoms with Crippen LogP contribution < -0.4 is 10.6 Å². The van der Waals surface area contributed by atoms with Crippen LogP contribution in [0, 0.1) is 0 Å². The summed E-state index contributed by atoms with van der Waals surface area (Å²) in [5.41, 5.74) is 0.775. The minimum absolute atomic E-state index is 0. The molecule has 0 bridgehead atoms. The minimum Gasteiger partial charge on any atom is -0.368 e. The zero-order valence-electron chi connectivity index (χ0n) is 15.9. The summed E-state index contributed by atoms with van der Waals surface area (Å²) in [5.74, 6) is 0.0658. The van der Waals surface area contributed by atoms with Crippen LogP contribution in [-0.2, 0) is 14.9 Å². The molecular weight excluding hydrogens is 348 g/mol. The van der Waals surface area contributed by atoms with Gasteiger partial charge in [0, 0.05) is 19.1 Å². The second-order valence-corrected chi connectivity index (χ2v) is 7.69. The molecule has 0 unspecified atom stereocenters. The fraction of sp³-hybridized carbons (Fsp3) is 0.667. The number of nitrogens with one attached hydrogen (secondary N) is 2. The third-order valence-corrected chi connectivity index (χ3v) is 6.25. The Morgan fingerprint density at radius 3 is 2.23 bits per heavy atom. The maximum Gasteiger partial charge on any atom is 0.252 e. The van der Waals surface area contributed by atoms with E-state index >= 15 is 0 Å². The van der Waals surface area contributed by atoms with Crippen molar-refractivity contribution < 1.29 is 9.53 Å². The second kappa shape index (κ2) is 9.72. The summed E-state index contributed by atoms with van der Waals surface area (Å²) in [5, 5.41) is 6.60. The van der Waals surface area contributed by atoms with Crippen LogP contribution in [0.5, 0.6) is 0 Å². The topological polar surface area (TPSA) is 50.4 Å². The normalized spacial score (nSPS) is 21.9. The van der Waals surface area contributed by atoms with Gasteiger partial charge in [0.05, 0.1) is 0 Å². The van der Waals surface area contributed by atoms with Crippen molar-refractivity contribution in [2.75, 3.05) is 26.7 Å². The van der Waals surface area contributed by atoms with Gasteiger partial charge in [0.1, 0.15) is 5.60 Å². The molecule has 26 heavy (non-hydrogen) atoms. The molecule has 0 radical (unpaired) electrons. The van der Waals surface area contributed by atoms with E-state index in [0.717, 1.165) is 38.8 Å². The quantitative estimate of drug-likeness (QED) is 0.767. The summed E-state index contributed by atoms with van der Waals surface area (Å²) in [7, 11) is 1.67. The van der Waals surface area contributed by atoms with Gasteiger partial charge in [-0.2, -0.15) is 0 Å². The number of halogens is 1. The van der Waals surface area contributed by atoms with Crippen LogP contribution in [0.15, 0.2) is 30.3 Å². The van der Waals surface area contributed by atoms with Gasteiger partial charge in [-0.25, -0.2) is 0 Å². The molecule has 1 amide bonds. The third kappa shape index (κ3) is 4.59. The predicted molar refractivity (Wildman–Crippen MR) is 108 cm³/mol. The van der Waals surface area contributed by atoms with Crippen molar-refractivity contribution in [3.05, 3.63) is 35.9 Å². The summed E-state index contributed by atoms with van der Waals surface area (Å²) in [6.45, 7) is 2.39. The average molecular weight is 381 g/mol. The highest BCUT2D eigenvalue weighted by Crippen LogP contribution is 2.38. The largest absolute Gasteiger partial charge is 0.368 e. The van der Waals surface area contributed by atoms with Crippen molar-refractivity contribution >= 4 is 18.3 Å². The third-order valence-electron chi connectivity index (χ3n) is 6.25. The van der Waals surface area contributed by atoms with E-state index in [9.17, 15) is 4.79 Å². The number of rotatable bonds is 5. The standard InChI is InChI=1S/C21H32N2O2.ClH/c1-25-21(13-15-22-16-14-21)19(24)23-17-20(11-7-2-3-8-12-20)18-9-5-4-6-10-18;/h4-6,9-10,22H,2-3,7-8,11-17H2,1H3,(H,23,24);1H. The lowest BCUT2D eigenvalue weighted by Gasteiger charge is -2.38. The van der Waals surface area contributed by atoms with E-state index in [1.165, 1.54) is 31.2 Å². The molecule has 2 aliphatic rings. The molecule has 1 aliphatic heterocycles. The van der Waals surface area contributed by atoms with E-state index < -0.39 is 5.60 Å². The lowest BCUT2D eigenvalue weighted by Crippen LogP contribution is -2.56. The number of amides is 1. The van der Waals surface area contributed by atoms with Crippen LogP contribution in [0.25, 0.3) is 0 Å². The van der Waals surface area contributed by atoms with Crippen LogP contribution in [0.2, 0.25) is 0 Å². The first-order valence-electron chi connectivity index (χ1n) is 9.81. The molecule has 1 saturated heterocycles. The average Bonchev–Trinajstić information content (AvgIpc) is 2.94. The summed E-state index contributed by atoms with van der Waals surface area (Å²) >= 11 is 0. The lowest BCUT2D eigenvalue weighted by atomic mass is 9.74. The van der Waals surface area contributed by atoms with Crippen molar-refractivity contribution in [2.45, 2.75) is 62.4 Å². The van der Waals surface area contributed by atoms with Crippen molar-refractivity contribution in [3.8, 4) is 0 Å². The molecule has 5 heteroatoms. The molecule has 1 aliphatic carbocycles. The Balaban J connectivity index is 0.00000243. The first kappa shape index (κ1) is 21.2. The molecule has 1 heterocycles. The van der Waals surface area contributed by atoms with Crippen LogP contribution in [0.1, 0.15) is 56.9 Å². The van der Waals surface area contributed by atoms with E-state index in [0.29, 0.717) is 6.54 Å². The number of carbonyl (C=O) groups is 1. The predicted octanol–water partition coefficient (Wildman–Crippen LogP) is 3.59. The molecule has 0 aromatic heterocycles. The van der Waals surface area contributed by atoms with Crippen LogP contribution in [0.3, 0.4) is 0 Å². The van der Waals surface area contributed by atoms with Gasteiger partial charge in [-0.05, 0) is 44.3 Å². The number of benzene rings is 1. The Kier molecular flexibility index (Phi) is 7.93. The van der Waals surface area contributed by atoms with E-state index in [2.05, 4.69) is 41.0 Å². The van der Waals surface area contributed by atoms with E-state index in [1.54, 1.807) is 7.11 Å². The number of hydrogen-bond donors (Lipinski definition) is 2. The van der Waals surface area contributed by atoms with Crippen LogP contribution in [-0.4, -0.2) is 38.3 Å². The molecule has 0 atom stereocenters. The monoisotopic (exact) mass is 380 g/mol. The summed E-state index contributed by atoms with van der Waals surface area (Å²) in [4.78, 5) is 13.0. The first-order valence-corrected chi connectivity index (χ1v) is 9.81. The number of methoxy groups -OCH3 is 1. The van der Waals surface area contributed by atoms with Gasteiger partial charge in [-0.3, -0.25) is 4.79 Å². The summed E-state index contributed by atoms with van der Waals surface area (Å²) < 4.78 is 5.69. The Labute approximate surface area is 163 Å². The maximum absolute atomic E-state index is 13.0. The van der Waals surface area contributed by atoms with Crippen LogP contribution >= 0.6 is 12.4 Å². The van der Waals surface area contributed by atoms with Gasteiger partial charge in [-0.1, -0.05) is 56.0 Å². The highest BCUT2D eigenvalue weighted by molar-refractivity contribution is 5.85. The number of hydrogen-bond acceptors (Lipinski definition) is 3. The van der Waals surface area contributed by atoms with Crippen molar-refractivity contribution in [1.82, 2.24) is 10.6 Å². The van der Waals surface area contributed by atoms with Crippen molar-refractivity contribution in [3.63, 3.8) is 0 Å². The molecule has 1 saturated carbocycles. The highest BCUT2D eigenvalue weighted by atomic mass is 35.5. The van der Waals surface area contributed by atoms with Gasteiger partial charge in [-0.15, -0.1) is 12.4 Å². The van der Waals surface area contributed by atoms with E-state index in [4.69, 9.17) is 4.74 Å². The fourth-order valence-corrected chi connectivity index (χ4v) is 4.53. The lowest BCUT2D eigenvalue weighted by molar-refractivity contribution is -0.147. The van der Waals surface area contributed by atoms with Crippen molar-refractivity contribution in [1.29, 1.82) is 0 Å². The second-order valence-electron chi connectivity index (χ2n) is 7.69. The zero-order valence-corrected chi connectivity index (χ0v) is 16.7. The zero-order chi connectivity index (χ0) is 17.6. The number of ether oxygens (including phenoxy) is 1. The minimum atomic E-state index is -0.659. The molecule has 1 aromatic carbocycles. The van der Waals surface area contributed by atoms with E-state index in [1.807, 2.05) is 0 Å². The Bertz CT molecular complexity index is 550. The Hall–Kier alpha value is -1.10. The number of piperidine rings is 1. The molecule has 3 rings (SSSR count). The van der Waals surface area contributed by atoms with Gasteiger partial charge in [0.25, 0.3) is 5.91 Å². The van der Waals surface area contributed by atoms with Gasteiger partial charge in [0.2, 0.25) is 0 Å². The molecule has 0 spiro atoms. The molecular formula is C21H33ClN2O2. The van der Waals surface area contributed by atoms with Gasteiger partial charge < -0.3 is 15.4 Å². The number of carbonyl (C=O) groups excluding carboxylic acids is 1. The molecule has 2 N–H and O–H groups in total. The highest BCUT2D eigenvalue weighted by Gasteiger charge is 2.41. The SMILES string of the molecule is COC1(C(=O)NCC2(c3ccccc3)CCCCCC2)CCNCC1.Cl. The van der Waals surface area contributed by atoms with Gasteiger partial charge >= 0.3 is 0 Å². The molecule has 1 aromatic rings. The maximum atomic E-state index is 13.0. The van der Waals surface area contributed by atoms with E-state index in [-0.39, 0.29) is 23.7 Å². The molecule has 2 fully saturated rings. The molecule has 146 valence electrons. The summed E-state index contributed by atoms with van der Waals surface area (Å²) in [6.07, 6.45) is 8.87. The van der Waals surface area contributed by atoms with Crippen LogP contribution in [0.4, 0.5) is 0 Å². The summed E-state index contributed by atoms with van der Waals surface area (Å²) in [6, 6.07) is 10.8. The fourth-order valence-electron chi connectivity index (χ4n) is 4.53. The van der Waals surface area contributed by atoms with Crippen molar-refractivity contribution in [2.24, 2.45) is 0 Å². The van der Waals surface area contributed by atoms with Gasteiger partial charge in [0.15, 0.2) is 0 Å². The molecule has 4 nitrogen and oxygen atoms in total. The smallest absolute Gasteiger partial charge is 0.252 e. The Morgan fingerprint density at radius 1 is 1.04 bits per heavy atom. The Morgan fingerprint density at radius 2 is 1.65 bits per heavy atom.